The van der Waals surface area contributed by atoms with Crippen molar-refractivity contribution in [3.63, 3.8) is 0 Å². The van der Waals surface area contributed by atoms with E-state index in [1.54, 1.807) is 0 Å². The van der Waals surface area contributed by atoms with Gasteiger partial charge < -0.3 is 4.57 Å². The maximum atomic E-state index is 4.26. The first-order valence-corrected chi connectivity index (χ1v) is 12.7. The van der Waals surface area contributed by atoms with Crippen molar-refractivity contribution in [2.45, 2.75) is 33.1 Å². The van der Waals surface area contributed by atoms with Crippen LogP contribution in [0.4, 0.5) is 0 Å². The Bertz CT molecular complexity index is 1660. The molecular formula is C35H31N. The second kappa shape index (κ2) is 8.24. The molecule has 0 radical (unpaired) electrons. The third-order valence-corrected chi connectivity index (χ3v) is 7.82. The summed E-state index contributed by atoms with van der Waals surface area (Å²) in [4.78, 5) is 0. The Morgan fingerprint density at radius 2 is 1.50 bits per heavy atom. The normalized spacial score (nSPS) is 14.1. The van der Waals surface area contributed by atoms with Crippen molar-refractivity contribution in [1.29, 1.82) is 0 Å². The third kappa shape index (κ3) is 3.31. The van der Waals surface area contributed by atoms with Gasteiger partial charge in [0, 0.05) is 22.1 Å². The first kappa shape index (κ1) is 22.4. The lowest BCUT2D eigenvalue weighted by molar-refractivity contribution is 0.661. The summed E-state index contributed by atoms with van der Waals surface area (Å²) >= 11 is 0. The Hall–Kier alpha value is -4.10. The van der Waals surface area contributed by atoms with Gasteiger partial charge in [-0.05, 0) is 83.7 Å². The summed E-state index contributed by atoms with van der Waals surface area (Å²) in [6.45, 7) is 13.3. The average Bonchev–Trinajstić information content (AvgIpc) is 3.32. The molecule has 1 heterocycles. The number of aromatic nitrogens is 1. The monoisotopic (exact) mass is 465 g/mol. The van der Waals surface area contributed by atoms with E-state index < -0.39 is 0 Å². The van der Waals surface area contributed by atoms with Gasteiger partial charge in [-0.1, -0.05) is 92.7 Å². The molecule has 0 spiro atoms. The molecule has 1 aliphatic carbocycles. The van der Waals surface area contributed by atoms with E-state index in [0.29, 0.717) is 0 Å². The quantitative estimate of drug-likeness (QED) is 0.249. The Kier molecular flexibility index (Phi) is 5.12. The topological polar surface area (TPSA) is 4.93 Å². The molecule has 36 heavy (non-hydrogen) atoms. The highest BCUT2D eigenvalue weighted by atomic mass is 15.0. The number of para-hydroxylation sites is 1. The van der Waals surface area contributed by atoms with E-state index in [9.17, 15) is 0 Å². The molecule has 5 aromatic rings. The van der Waals surface area contributed by atoms with Crippen LogP contribution in [0, 0.1) is 6.92 Å². The number of allylic oxidation sites excluding steroid dienone is 1. The van der Waals surface area contributed by atoms with Crippen LogP contribution in [0.2, 0.25) is 0 Å². The van der Waals surface area contributed by atoms with E-state index in [2.05, 4.69) is 136 Å². The number of hydrogen-bond donors (Lipinski definition) is 0. The van der Waals surface area contributed by atoms with E-state index in [1.165, 1.54) is 55.4 Å². The smallest absolute Gasteiger partial charge is 0.0544 e. The van der Waals surface area contributed by atoms with E-state index in [-0.39, 0.29) is 5.41 Å². The molecule has 0 N–H and O–H groups in total. The molecule has 1 heteroatoms. The molecule has 0 saturated heterocycles. The number of fused-ring (bicyclic) bond motifs is 4. The van der Waals surface area contributed by atoms with Crippen molar-refractivity contribution in [3.8, 4) is 16.8 Å². The summed E-state index contributed by atoms with van der Waals surface area (Å²) in [7, 11) is 0. The second-order valence-corrected chi connectivity index (χ2v) is 10.5. The predicted octanol–water partition coefficient (Wildman–Crippen LogP) is 9.45. The van der Waals surface area contributed by atoms with Gasteiger partial charge in [-0.15, -0.1) is 0 Å². The lowest BCUT2D eigenvalue weighted by Gasteiger charge is -2.21. The molecule has 0 aliphatic heterocycles. The van der Waals surface area contributed by atoms with Gasteiger partial charge in [0.2, 0.25) is 0 Å². The molecular weight excluding hydrogens is 434 g/mol. The molecule has 1 aliphatic rings. The molecule has 0 unspecified atom stereocenters. The van der Waals surface area contributed by atoms with Crippen molar-refractivity contribution >= 4 is 28.6 Å². The van der Waals surface area contributed by atoms with Crippen LogP contribution in [0.15, 0.2) is 97.6 Å². The van der Waals surface area contributed by atoms with Crippen LogP contribution in [-0.4, -0.2) is 4.57 Å². The van der Waals surface area contributed by atoms with Gasteiger partial charge in [-0.25, -0.2) is 0 Å². The van der Waals surface area contributed by atoms with Gasteiger partial charge in [0.25, 0.3) is 0 Å². The Labute approximate surface area is 214 Å². The van der Waals surface area contributed by atoms with Crippen LogP contribution in [-0.2, 0) is 5.41 Å². The fourth-order valence-corrected chi connectivity index (χ4v) is 5.85. The number of benzene rings is 4. The number of hydrogen-bond acceptors (Lipinski definition) is 0. The molecule has 0 amide bonds. The van der Waals surface area contributed by atoms with Crippen LogP contribution < -0.4 is 0 Å². The Balaban J connectivity index is 1.70. The lowest BCUT2D eigenvalue weighted by atomic mass is 9.82. The first-order valence-electron chi connectivity index (χ1n) is 12.7. The summed E-state index contributed by atoms with van der Waals surface area (Å²) in [5.74, 6) is 0. The Morgan fingerprint density at radius 3 is 2.22 bits per heavy atom. The molecule has 1 nitrogen and oxygen atoms in total. The summed E-state index contributed by atoms with van der Waals surface area (Å²) in [6.07, 6.45) is 4.34. The summed E-state index contributed by atoms with van der Waals surface area (Å²) < 4.78 is 2.37. The van der Waals surface area contributed by atoms with Crippen LogP contribution in [0.25, 0.3) is 45.4 Å². The molecule has 4 aromatic carbocycles. The average molecular weight is 466 g/mol. The molecule has 0 fully saturated rings. The van der Waals surface area contributed by atoms with Gasteiger partial charge >= 0.3 is 0 Å². The maximum absolute atomic E-state index is 4.26. The molecule has 176 valence electrons. The van der Waals surface area contributed by atoms with E-state index in [1.807, 2.05) is 6.08 Å². The highest BCUT2D eigenvalue weighted by molar-refractivity contribution is 6.03. The molecule has 6 rings (SSSR count). The van der Waals surface area contributed by atoms with E-state index >= 15 is 0 Å². The number of nitrogens with zero attached hydrogens (tertiary/aromatic N) is 1. The van der Waals surface area contributed by atoms with Crippen molar-refractivity contribution in [1.82, 2.24) is 4.57 Å². The fraction of sp³-hybridized carbons (Fsp3) is 0.143. The highest BCUT2D eigenvalue weighted by Crippen LogP contribution is 2.51. The number of aryl methyl sites for hydroxylation is 1. The Morgan fingerprint density at radius 1 is 0.806 bits per heavy atom. The molecule has 0 atom stereocenters. The summed E-state index contributed by atoms with van der Waals surface area (Å²) in [6, 6.07) is 33.1. The summed E-state index contributed by atoms with van der Waals surface area (Å²) in [5, 5.41) is 1.26. The van der Waals surface area contributed by atoms with Gasteiger partial charge in [0.15, 0.2) is 0 Å². The van der Waals surface area contributed by atoms with E-state index in [4.69, 9.17) is 0 Å². The largest absolute Gasteiger partial charge is 0.309 e. The zero-order valence-corrected chi connectivity index (χ0v) is 21.5. The van der Waals surface area contributed by atoms with Crippen molar-refractivity contribution in [2.24, 2.45) is 0 Å². The van der Waals surface area contributed by atoms with Crippen LogP contribution >= 0.6 is 0 Å². The van der Waals surface area contributed by atoms with Gasteiger partial charge in [-0.2, -0.15) is 0 Å². The summed E-state index contributed by atoms with van der Waals surface area (Å²) in [5.41, 5.74) is 13.9. The van der Waals surface area contributed by atoms with Gasteiger partial charge in [0.1, 0.15) is 0 Å². The van der Waals surface area contributed by atoms with Crippen LogP contribution in [0.5, 0.6) is 0 Å². The van der Waals surface area contributed by atoms with Crippen molar-refractivity contribution < 1.29 is 0 Å². The zero-order chi connectivity index (χ0) is 25.0. The number of rotatable bonds is 4. The van der Waals surface area contributed by atoms with Gasteiger partial charge in [0.05, 0.1) is 11.2 Å². The minimum atomic E-state index is -0.0476. The molecule has 1 aromatic heterocycles. The highest BCUT2D eigenvalue weighted by Gasteiger charge is 2.36. The van der Waals surface area contributed by atoms with E-state index in [0.717, 1.165) is 11.4 Å². The second-order valence-electron chi connectivity index (χ2n) is 10.5. The van der Waals surface area contributed by atoms with Crippen molar-refractivity contribution in [3.05, 3.63) is 131 Å². The fourth-order valence-electron chi connectivity index (χ4n) is 5.85. The zero-order valence-electron chi connectivity index (χ0n) is 21.5. The molecule has 0 saturated carbocycles. The lowest BCUT2D eigenvalue weighted by Crippen LogP contribution is -2.15. The third-order valence-electron chi connectivity index (χ3n) is 7.82. The minimum Gasteiger partial charge on any atom is -0.309 e. The standard InChI is InChI=1S/C35H31N/c1-6-33-29(20-24(3)25-18-16-23(2)17-19-25)30-21-28-27-14-10-11-15-31(27)35(4,5)32(28)22-34(30)36(33)26-12-8-7-9-13-26/h6-22H,1H2,2-5H3/b24-20+. The SMILES string of the molecule is C=Cc1c(/C=C(\C)c2ccc(C)cc2)c2cc3c(cc2n1-c1ccccc1)C(C)(C)c1ccccc1-3. The molecule has 0 bridgehead atoms. The minimum absolute atomic E-state index is 0.0476. The van der Waals surface area contributed by atoms with Crippen LogP contribution in [0.3, 0.4) is 0 Å². The van der Waals surface area contributed by atoms with Crippen molar-refractivity contribution in [2.75, 3.05) is 0 Å². The predicted molar refractivity (Wildman–Crippen MR) is 156 cm³/mol. The maximum Gasteiger partial charge on any atom is 0.0544 e. The first-order chi connectivity index (χ1) is 17.4. The van der Waals surface area contributed by atoms with Gasteiger partial charge in [-0.3, -0.25) is 0 Å². The van der Waals surface area contributed by atoms with Crippen LogP contribution in [0.1, 0.15) is 54.3 Å².